The second kappa shape index (κ2) is 10.2. The van der Waals surface area contributed by atoms with Gasteiger partial charge in [-0.15, -0.1) is 11.3 Å². The van der Waals surface area contributed by atoms with Crippen LogP contribution in [0.5, 0.6) is 0 Å². The van der Waals surface area contributed by atoms with Gasteiger partial charge in [0.1, 0.15) is 0 Å². The molecule has 0 bridgehead atoms. The zero-order valence-corrected chi connectivity index (χ0v) is 26.9. The first-order chi connectivity index (χ1) is 23.6. The highest BCUT2D eigenvalue weighted by Crippen LogP contribution is 2.40. The second-order valence-electron chi connectivity index (χ2n) is 12.6. The van der Waals surface area contributed by atoms with Crippen molar-refractivity contribution in [2.75, 3.05) is 0 Å². The van der Waals surface area contributed by atoms with E-state index in [2.05, 4.69) is 156 Å². The summed E-state index contributed by atoms with van der Waals surface area (Å²) < 4.78 is 7.27. The number of fused-ring (bicyclic) bond motifs is 9. The molecule has 48 heavy (non-hydrogen) atoms. The fourth-order valence-electron chi connectivity index (χ4n) is 7.59. The lowest BCUT2D eigenvalue weighted by molar-refractivity contribution is 1.18. The van der Waals surface area contributed by atoms with Gasteiger partial charge in [0.15, 0.2) is 0 Å². The number of rotatable bonds is 3. The number of aryl methyl sites for hydroxylation is 1. The minimum absolute atomic E-state index is 0.678. The maximum absolute atomic E-state index is 9.64. The van der Waals surface area contributed by atoms with Crippen LogP contribution in [-0.2, 0) is 0 Å². The van der Waals surface area contributed by atoms with Crippen molar-refractivity contribution in [3.05, 3.63) is 157 Å². The fourth-order valence-corrected chi connectivity index (χ4v) is 8.66. The average Bonchev–Trinajstić information content (AvgIpc) is 3.78. The molecule has 0 unspecified atom stereocenters. The molecule has 0 aliphatic rings. The highest BCUT2D eigenvalue weighted by molar-refractivity contribution is 7.25. The molecule has 0 aliphatic heterocycles. The van der Waals surface area contributed by atoms with Gasteiger partial charge in [0.2, 0.25) is 0 Å². The minimum atomic E-state index is 0.678. The van der Waals surface area contributed by atoms with E-state index in [0.717, 1.165) is 27.8 Å². The molecule has 3 heterocycles. The topological polar surface area (TPSA) is 33.6 Å². The molecule has 0 aliphatic carbocycles. The predicted octanol–water partition coefficient (Wildman–Crippen LogP) is 12.1. The van der Waals surface area contributed by atoms with Gasteiger partial charge in [-0.05, 0) is 103 Å². The van der Waals surface area contributed by atoms with Crippen LogP contribution < -0.4 is 0 Å². The van der Waals surface area contributed by atoms with Crippen LogP contribution in [0.15, 0.2) is 146 Å². The number of nitrogens with zero attached hydrogens (tertiary/aromatic N) is 3. The van der Waals surface area contributed by atoms with Gasteiger partial charge < -0.3 is 9.13 Å². The van der Waals surface area contributed by atoms with Crippen LogP contribution in [0.4, 0.5) is 0 Å². The van der Waals surface area contributed by atoms with E-state index in [1.807, 2.05) is 23.5 Å². The summed E-state index contributed by atoms with van der Waals surface area (Å²) in [6.45, 7) is 2.12. The fraction of sp³-hybridized carbons (Fsp3) is 0.0227. The Hall–Kier alpha value is -6.15. The van der Waals surface area contributed by atoms with Crippen molar-refractivity contribution >= 4 is 75.1 Å². The first-order valence-electron chi connectivity index (χ1n) is 16.2. The molecule has 0 spiro atoms. The van der Waals surface area contributed by atoms with Crippen molar-refractivity contribution in [1.29, 1.82) is 5.26 Å². The summed E-state index contributed by atoms with van der Waals surface area (Å²) in [4.78, 5) is 0. The Balaban J connectivity index is 1.14. The van der Waals surface area contributed by atoms with Crippen LogP contribution in [0, 0.1) is 18.3 Å². The monoisotopic (exact) mass is 629 g/mol. The van der Waals surface area contributed by atoms with Crippen LogP contribution in [0.2, 0.25) is 0 Å². The molecule has 10 rings (SSSR count). The molecule has 0 saturated carbocycles. The van der Waals surface area contributed by atoms with Crippen LogP contribution in [0.3, 0.4) is 0 Å². The third-order valence-corrected chi connectivity index (χ3v) is 10.9. The summed E-state index contributed by atoms with van der Waals surface area (Å²) in [6.07, 6.45) is 0. The molecule has 3 aromatic heterocycles. The number of benzene rings is 7. The largest absolute Gasteiger partial charge is 0.309 e. The zero-order valence-electron chi connectivity index (χ0n) is 26.1. The van der Waals surface area contributed by atoms with Crippen molar-refractivity contribution in [3.8, 4) is 28.6 Å². The number of nitriles is 1. The third-order valence-electron chi connectivity index (χ3n) is 9.78. The van der Waals surface area contributed by atoms with E-state index in [4.69, 9.17) is 0 Å². The molecule has 4 heteroatoms. The molecule has 3 nitrogen and oxygen atoms in total. The molecular formula is C44H27N3S. The lowest BCUT2D eigenvalue weighted by Crippen LogP contribution is -1.94. The van der Waals surface area contributed by atoms with Gasteiger partial charge in [0.25, 0.3) is 0 Å². The van der Waals surface area contributed by atoms with E-state index in [1.54, 1.807) is 0 Å². The lowest BCUT2D eigenvalue weighted by atomic mass is 10.0. The Kier molecular flexibility index (Phi) is 5.72. The smallest absolute Gasteiger partial charge is 0.0991 e. The van der Waals surface area contributed by atoms with Crippen LogP contribution in [-0.4, -0.2) is 9.13 Å². The van der Waals surface area contributed by atoms with E-state index < -0.39 is 0 Å². The lowest BCUT2D eigenvalue weighted by Gasteiger charge is -2.11. The molecule has 0 saturated heterocycles. The summed E-state index contributed by atoms with van der Waals surface area (Å²) in [5.41, 5.74) is 11.2. The van der Waals surface area contributed by atoms with Crippen molar-refractivity contribution in [2.45, 2.75) is 6.92 Å². The molecule has 10 aromatic rings. The molecule has 224 valence electrons. The van der Waals surface area contributed by atoms with E-state index in [0.29, 0.717) is 5.56 Å². The zero-order chi connectivity index (χ0) is 31.9. The first-order valence-corrected chi connectivity index (χ1v) is 17.0. The normalized spacial score (nSPS) is 11.8. The highest BCUT2D eigenvalue weighted by atomic mass is 32.1. The summed E-state index contributed by atoms with van der Waals surface area (Å²) in [5, 5.41) is 17.0. The number of para-hydroxylation sites is 2. The minimum Gasteiger partial charge on any atom is -0.309 e. The van der Waals surface area contributed by atoms with Crippen molar-refractivity contribution < 1.29 is 0 Å². The van der Waals surface area contributed by atoms with Gasteiger partial charge in [-0.1, -0.05) is 66.2 Å². The molecule has 0 N–H and O–H groups in total. The first kappa shape index (κ1) is 27.0. The summed E-state index contributed by atoms with van der Waals surface area (Å²) in [5.74, 6) is 0. The van der Waals surface area contributed by atoms with E-state index in [9.17, 15) is 5.26 Å². The molecule has 0 amide bonds. The summed E-state index contributed by atoms with van der Waals surface area (Å²) in [6, 6.07) is 54.9. The number of hydrogen-bond donors (Lipinski definition) is 0. The Labute approximate surface area is 280 Å². The summed E-state index contributed by atoms with van der Waals surface area (Å²) >= 11 is 1.84. The van der Waals surface area contributed by atoms with Gasteiger partial charge in [-0.3, -0.25) is 0 Å². The van der Waals surface area contributed by atoms with Gasteiger partial charge >= 0.3 is 0 Å². The Morgan fingerprint density at radius 2 is 1.06 bits per heavy atom. The number of hydrogen-bond acceptors (Lipinski definition) is 2. The van der Waals surface area contributed by atoms with Crippen molar-refractivity contribution in [1.82, 2.24) is 9.13 Å². The average molecular weight is 630 g/mol. The maximum Gasteiger partial charge on any atom is 0.0991 e. The van der Waals surface area contributed by atoms with Gasteiger partial charge in [-0.2, -0.15) is 5.26 Å². The summed E-state index contributed by atoms with van der Waals surface area (Å²) in [7, 11) is 0. The van der Waals surface area contributed by atoms with Crippen molar-refractivity contribution in [3.63, 3.8) is 0 Å². The third kappa shape index (κ3) is 3.92. The number of thiophene rings is 1. The second-order valence-corrected chi connectivity index (χ2v) is 13.7. The van der Waals surface area contributed by atoms with Crippen molar-refractivity contribution in [2.24, 2.45) is 0 Å². The van der Waals surface area contributed by atoms with E-state index >= 15 is 0 Å². The Bertz CT molecular complexity index is 2930. The standard InChI is InChI=1S/C44H27N3S/c1-27-13-17-41-35(21-27)36-22-28(26-45)14-18-42(36)47(41)32-16-20-44-38(25-32)37-24-30(15-19-43(37)48-44)29-7-6-8-31(23-29)46-39-11-4-2-9-33(39)34-10-3-5-12-40(34)46/h2-25H,1H3. The number of aromatic nitrogens is 2. The van der Waals surface area contributed by atoms with E-state index in [-0.39, 0.29) is 0 Å². The molecule has 7 aromatic carbocycles. The maximum atomic E-state index is 9.64. The van der Waals surface area contributed by atoms with Gasteiger partial charge in [-0.25, -0.2) is 0 Å². The highest BCUT2D eigenvalue weighted by Gasteiger charge is 2.16. The predicted molar refractivity (Wildman–Crippen MR) is 203 cm³/mol. The quantitative estimate of drug-likeness (QED) is 0.191. The van der Waals surface area contributed by atoms with Crippen LogP contribution in [0.1, 0.15) is 11.1 Å². The molecule has 0 fully saturated rings. The Morgan fingerprint density at radius 1 is 0.458 bits per heavy atom. The molecule has 0 atom stereocenters. The van der Waals surface area contributed by atoms with Gasteiger partial charge in [0, 0.05) is 53.1 Å². The van der Waals surface area contributed by atoms with Crippen LogP contribution in [0.25, 0.3) is 86.3 Å². The van der Waals surface area contributed by atoms with Gasteiger partial charge in [0.05, 0.1) is 33.7 Å². The molecular weight excluding hydrogens is 603 g/mol. The molecule has 0 radical (unpaired) electrons. The van der Waals surface area contributed by atoms with E-state index in [1.165, 1.54) is 64.1 Å². The Morgan fingerprint density at radius 3 is 1.81 bits per heavy atom. The van der Waals surface area contributed by atoms with Crippen LogP contribution >= 0.6 is 11.3 Å². The SMILES string of the molecule is Cc1ccc2c(c1)c1cc(C#N)ccc1n2-c1ccc2sc3ccc(-c4cccc(-n5c6ccccc6c6ccccc65)c4)cc3c2c1.